The molecule has 7 nitrogen and oxygen atoms in total. The van der Waals surface area contributed by atoms with Crippen LogP contribution in [0.15, 0.2) is 29.0 Å². The molecule has 19 heavy (non-hydrogen) atoms. The number of ether oxygens (including phenoxy) is 1. The van der Waals surface area contributed by atoms with Gasteiger partial charge in [0.15, 0.2) is 5.82 Å². The van der Waals surface area contributed by atoms with Crippen LogP contribution in [0.5, 0.6) is 0 Å². The molecule has 0 radical (unpaired) electrons. The van der Waals surface area contributed by atoms with Crippen LogP contribution >= 0.6 is 0 Å². The summed E-state index contributed by atoms with van der Waals surface area (Å²) in [7, 11) is 0. The van der Waals surface area contributed by atoms with E-state index in [0.29, 0.717) is 31.5 Å². The molecule has 1 aliphatic rings. The van der Waals surface area contributed by atoms with Gasteiger partial charge in [-0.15, -0.1) is 5.10 Å². The number of nitrogens with one attached hydrogen (secondary N) is 1. The number of rotatable bonds is 4. The van der Waals surface area contributed by atoms with Crippen LogP contribution < -0.4 is 10.2 Å². The Bertz CT molecular complexity index is 511. The van der Waals surface area contributed by atoms with Gasteiger partial charge in [-0.25, -0.2) is 0 Å². The molecule has 0 unspecified atom stereocenters. The maximum absolute atomic E-state index is 5.30. The van der Waals surface area contributed by atoms with Crippen LogP contribution in [0.25, 0.3) is 0 Å². The molecule has 100 valence electrons. The van der Waals surface area contributed by atoms with E-state index in [9.17, 15) is 0 Å². The second kappa shape index (κ2) is 5.66. The summed E-state index contributed by atoms with van der Waals surface area (Å²) in [6, 6.07) is 3.76. The zero-order valence-electron chi connectivity index (χ0n) is 10.5. The molecule has 2 aromatic heterocycles. The fourth-order valence-corrected chi connectivity index (χ4v) is 1.87. The van der Waals surface area contributed by atoms with Gasteiger partial charge in [0.1, 0.15) is 5.76 Å². The van der Waals surface area contributed by atoms with Crippen molar-refractivity contribution in [2.24, 2.45) is 0 Å². The third kappa shape index (κ3) is 3.00. The lowest BCUT2D eigenvalue weighted by Gasteiger charge is -2.26. The SMILES string of the molecule is c1coc(CNc2cnnc(N3CCOCC3)n2)c1. The van der Waals surface area contributed by atoms with Crippen LogP contribution in [0.4, 0.5) is 11.8 Å². The van der Waals surface area contributed by atoms with E-state index in [2.05, 4.69) is 25.4 Å². The Balaban J connectivity index is 1.65. The Kier molecular flexibility index (Phi) is 3.55. The van der Waals surface area contributed by atoms with Crippen LogP contribution in [0.2, 0.25) is 0 Å². The van der Waals surface area contributed by atoms with Crippen LogP contribution in [0, 0.1) is 0 Å². The summed E-state index contributed by atoms with van der Waals surface area (Å²) in [4.78, 5) is 6.50. The van der Waals surface area contributed by atoms with Gasteiger partial charge >= 0.3 is 0 Å². The van der Waals surface area contributed by atoms with Gasteiger partial charge in [-0.1, -0.05) is 0 Å². The molecular formula is C12H15N5O2. The number of nitrogens with zero attached hydrogens (tertiary/aromatic N) is 4. The molecule has 3 heterocycles. The first-order chi connectivity index (χ1) is 9.42. The number of aromatic nitrogens is 3. The third-order valence-electron chi connectivity index (χ3n) is 2.87. The summed E-state index contributed by atoms with van der Waals surface area (Å²) in [5.41, 5.74) is 0. The standard InChI is InChI=1S/C12H15N5O2/c1-2-10(19-5-1)8-13-11-9-14-16-12(15-11)17-3-6-18-7-4-17/h1-2,5,9H,3-4,6-8H2,(H,13,15,16). The Morgan fingerprint density at radius 2 is 2.21 bits per heavy atom. The largest absolute Gasteiger partial charge is 0.467 e. The Morgan fingerprint density at radius 3 is 3.00 bits per heavy atom. The fraction of sp³-hybridized carbons (Fsp3) is 0.417. The van der Waals surface area contributed by atoms with Gasteiger partial charge in [0, 0.05) is 13.1 Å². The lowest BCUT2D eigenvalue weighted by Crippen LogP contribution is -2.37. The van der Waals surface area contributed by atoms with E-state index in [1.165, 1.54) is 0 Å². The van der Waals surface area contributed by atoms with Gasteiger partial charge in [-0.3, -0.25) is 0 Å². The minimum absolute atomic E-state index is 0.578. The summed E-state index contributed by atoms with van der Waals surface area (Å²) in [5.74, 6) is 2.17. The van der Waals surface area contributed by atoms with Crippen LogP contribution in [-0.2, 0) is 11.3 Å². The predicted octanol–water partition coefficient (Wildman–Crippen LogP) is 0.913. The number of hydrogen-bond donors (Lipinski definition) is 1. The molecule has 0 aliphatic carbocycles. The smallest absolute Gasteiger partial charge is 0.247 e. The van der Waals surface area contributed by atoms with Gasteiger partial charge in [-0.2, -0.15) is 10.1 Å². The second-order valence-electron chi connectivity index (χ2n) is 4.17. The maximum atomic E-state index is 5.30. The summed E-state index contributed by atoms with van der Waals surface area (Å²) in [6.07, 6.45) is 3.25. The molecule has 0 saturated carbocycles. The average molecular weight is 261 g/mol. The minimum atomic E-state index is 0.578. The number of furan rings is 1. The van der Waals surface area contributed by atoms with Crippen molar-refractivity contribution in [3.05, 3.63) is 30.4 Å². The summed E-state index contributed by atoms with van der Waals surface area (Å²) in [6.45, 7) is 3.57. The molecule has 0 spiro atoms. The van der Waals surface area contributed by atoms with Crippen molar-refractivity contribution in [1.29, 1.82) is 0 Å². The first kappa shape index (κ1) is 11.9. The van der Waals surface area contributed by atoms with Crippen LogP contribution in [-0.4, -0.2) is 41.5 Å². The molecule has 0 bridgehead atoms. The summed E-state index contributed by atoms with van der Waals surface area (Å²) < 4.78 is 10.6. The molecule has 0 atom stereocenters. The molecular weight excluding hydrogens is 246 g/mol. The molecule has 3 rings (SSSR count). The number of anilines is 2. The van der Waals surface area contributed by atoms with E-state index in [0.717, 1.165) is 18.8 Å². The van der Waals surface area contributed by atoms with E-state index in [4.69, 9.17) is 9.15 Å². The zero-order valence-corrected chi connectivity index (χ0v) is 10.5. The van der Waals surface area contributed by atoms with Crippen molar-refractivity contribution in [3.8, 4) is 0 Å². The number of hydrogen-bond acceptors (Lipinski definition) is 7. The third-order valence-corrected chi connectivity index (χ3v) is 2.87. The minimum Gasteiger partial charge on any atom is -0.467 e. The van der Waals surface area contributed by atoms with Crippen molar-refractivity contribution < 1.29 is 9.15 Å². The van der Waals surface area contributed by atoms with Crippen LogP contribution in [0.1, 0.15) is 5.76 Å². The highest BCUT2D eigenvalue weighted by molar-refractivity contribution is 5.39. The fourth-order valence-electron chi connectivity index (χ4n) is 1.87. The second-order valence-corrected chi connectivity index (χ2v) is 4.17. The highest BCUT2D eigenvalue weighted by Gasteiger charge is 2.14. The van der Waals surface area contributed by atoms with E-state index < -0.39 is 0 Å². The lowest BCUT2D eigenvalue weighted by atomic mass is 10.4. The normalized spacial score (nSPS) is 15.5. The Hall–Kier alpha value is -2.15. The lowest BCUT2D eigenvalue weighted by molar-refractivity contribution is 0.122. The zero-order chi connectivity index (χ0) is 12.9. The first-order valence-corrected chi connectivity index (χ1v) is 6.20. The van der Waals surface area contributed by atoms with Crippen LogP contribution in [0.3, 0.4) is 0 Å². The molecule has 1 saturated heterocycles. The average Bonchev–Trinajstić information content (AvgIpc) is 3.00. The topological polar surface area (TPSA) is 76.3 Å². The van der Waals surface area contributed by atoms with Gasteiger partial charge in [-0.05, 0) is 12.1 Å². The van der Waals surface area contributed by atoms with Crippen molar-refractivity contribution in [3.63, 3.8) is 0 Å². The number of morpholine rings is 1. The van der Waals surface area contributed by atoms with E-state index in [1.54, 1.807) is 12.5 Å². The summed E-state index contributed by atoms with van der Waals surface area (Å²) in [5, 5.41) is 11.2. The van der Waals surface area contributed by atoms with Crippen molar-refractivity contribution in [2.45, 2.75) is 6.54 Å². The van der Waals surface area contributed by atoms with Crippen molar-refractivity contribution >= 4 is 11.8 Å². The molecule has 7 heteroatoms. The van der Waals surface area contributed by atoms with E-state index >= 15 is 0 Å². The Labute approximate surface area is 110 Å². The van der Waals surface area contributed by atoms with E-state index in [-0.39, 0.29) is 0 Å². The molecule has 1 fully saturated rings. The highest BCUT2D eigenvalue weighted by atomic mass is 16.5. The molecule has 1 N–H and O–H groups in total. The molecule has 0 aromatic carbocycles. The molecule has 1 aliphatic heterocycles. The monoisotopic (exact) mass is 261 g/mol. The molecule has 0 amide bonds. The quantitative estimate of drug-likeness (QED) is 0.876. The summed E-state index contributed by atoms with van der Waals surface area (Å²) >= 11 is 0. The first-order valence-electron chi connectivity index (χ1n) is 6.20. The van der Waals surface area contributed by atoms with Gasteiger partial charge < -0.3 is 19.4 Å². The van der Waals surface area contributed by atoms with Crippen molar-refractivity contribution in [1.82, 2.24) is 15.2 Å². The van der Waals surface area contributed by atoms with Crippen molar-refractivity contribution in [2.75, 3.05) is 36.5 Å². The van der Waals surface area contributed by atoms with Gasteiger partial charge in [0.2, 0.25) is 5.95 Å². The highest BCUT2D eigenvalue weighted by Crippen LogP contribution is 2.12. The van der Waals surface area contributed by atoms with Gasteiger partial charge in [0.05, 0.1) is 32.2 Å². The molecule has 2 aromatic rings. The Morgan fingerprint density at radius 1 is 1.32 bits per heavy atom. The van der Waals surface area contributed by atoms with Gasteiger partial charge in [0.25, 0.3) is 0 Å². The maximum Gasteiger partial charge on any atom is 0.247 e. The predicted molar refractivity (Wildman–Crippen MR) is 68.9 cm³/mol. The van der Waals surface area contributed by atoms with E-state index in [1.807, 2.05) is 12.1 Å².